The molecule has 0 radical (unpaired) electrons. The summed E-state index contributed by atoms with van der Waals surface area (Å²) in [6.07, 6.45) is 35.6. The highest BCUT2D eigenvalue weighted by molar-refractivity contribution is 8.04. The molecule has 0 spiro atoms. The first kappa shape index (κ1) is 30.4. The van der Waals surface area contributed by atoms with Gasteiger partial charge < -0.3 is 13.9 Å². The third kappa shape index (κ3) is 4.80. The molecular formula is C48H40N2OS. The second-order valence-electron chi connectivity index (χ2n) is 14.9. The van der Waals surface area contributed by atoms with Gasteiger partial charge in [-0.25, -0.2) is 0 Å². The predicted octanol–water partition coefficient (Wildman–Crippen LogP) is 12.2. The van der Waals surface area contributed by atoms with Gasteiger partial charge in [-0.2, -0.15) is 0 Å². The summed E-state index contributed by atoms with van der Waals surface area (Å²) in [5.74, 6) is 0.846. The number of fused-ring (bicyclic) bond motifs is 8. The Kier molecular flexibility index (Phi) is 7.14. The van der Waals surface area contributed by atoms with Crippen molar-refractivity contribution in [3.63, 3.8) is 0 Å². The molecule has 3 unspecified atom stereocenters. The van der Waals surface area contributed by atoms with E-state index in [2.05, 4.69) is 167 Å². The largest absolute Gasteiger partial charge is 0.456 e. The summed E-state index contributed by atoms with van der Waals surface area (Å²) in [6, 6.07) is 26.3. The Morgan fingerprint density at radius 2 is 1.63 bits per heavy atom. The Labute approximate surface area is 309 Å². The third-order valence-corrected chi connectivity index (χ3v) is 13.3. The van der Waals surface area contributed by atoms with Crippen molar-refractivity contribution in [2.75, 3.05) is 4.90 Å². The topological polar surface area (TPSA) is 21.3 Å². The molecule has 5 aliphatic carbocycles. The summed E-state index contributed by atoms with van der Waals surface area (Å²) in [5, 5.41) is 2.77. The predicted molar refractivity (Wildman–Crippen MR) is 219 cm³/mol. The fourth-order valence-electron chi connectivity index (χ4n) is 9.58. The standard InChI is InChI=1S/C48H40N2OS/c1-3-12-31(13-4-1)32-22-25-36-40-29-34(24-27-41(40)50(43(36)28-32)33-14-5-2-6-15-33)49(35-23-26-38-37-16-8-10-21-46(37)52-47(38)30-35)42-18-11-20-45-48(42)39-17-7-9-19-44(39)51-45/h1,3-5,7,9-15,17-27,30,32,34,38,47H,2,6,8,16,28-29H2/t32-,34?,38?,47?/m1/s1. The molecule has 3 aromatic carbocycles. The van der Waals surface area contributed by atoms with Crippen LogP contribution in [0.2, 0.25) is 0 Å². The van der Waals surface area contributed by atoms with E-state index in [4.69, 9.17) is 4.42 Å². The van der Waals surface area contributed by atoms with Gasteiger partial charge in [0.1, 0.15) is 11.2 Å². The number of rotatable bonds is 5. The van der Waals surface area contributed by atoms with Crippen molar-refractivity contribution >= 4 is 57.2 Å². The maximum Gasteiger partial charge on any atom is 0.137 e. The fraction of sp³-hybridized carbons (Fsp3) is 0.208. The third-order valence-electron chi connectivity index (χ3n) is 12.0. The number of furan rings is 1. The van der Waals surface area contributed by atoms with E-state index in [0.717, 1.165) is 43.3 Å². The van der Waals surface area contributed by atoms with Gasteiger partial charge in [0.2, 0.25) is 0 Å². The van der Waals surface area contributed by atoms with Crippen LogP contribution in [0.15, 0.2) is 154 Å². The van der Waals surface area contributed by atoms with Crippen molar-refractivity contribution in [1.82, 2.24) is 4.57 Å². The Bertz CT molecular complexity index is 2530. The van der Waals surface area contributed by atoms with E-state index in [1.54, 1.807) is 5.57 Å². The molecule has 0 N–H and O–H groups in total. The summed E-state index contributed by atoms with van der Waals surface area (Å²) in [6.45, 7) is 0. The minimum absolute atomic E-state index is 0.129. The van der Waals surface area contributed by atoms with Crippen LogP contribution >= 0.6 is 11.8 Å². The first-order valence-electron chi connectivity index (χ1n) is 19.0. The van der Waals surface area contributed by atoms with E-state index >= 15 is 0 Å². The molecule has 2 aromatic heterocycles. The van der Waals surface area contributed by atoms with Gasteiger partial charge >= 0.3 is 0 Å². The van der Waals surface area contributed by atoms with E-state index in [1.165, 1.54) is 67.3 Å². The summed E-state index contributed by atoms with van der Waals surface area (Å²) in [5.41, 5.74) is 14.3. The summed E-state index contributed by atoms with van der Waals surface area (Å²) in [4.78, 5) is 4.12. The average molecular weight is 693 g/mol. The van der Waals surface area contributed by atoms with Crippen LogP contribution in [0.1, 0.15) is 59.7 Å². The number of thioether (sulfide) groups is 1. The second-order valence-corrected chi connectivity index (χ2v) is 16.1. The van der Waals surface area contributed by atoms with E-state index < -0.39 is 0 Å². The van der Waals surface area contributed by atoms with Gasteiger partial charge in [-0.05, 0) is 103 Å². The lowest BCUT2D eigenvalue weighted by Gasteiger charge is -2.37. The van der Waals surface area contributed by atoms with Gasteiger partial charge in [0.05, 0.1) is 17.1 Å². The van der Waals surface area contributed by atoms with E-state index in [0.29, 0.717) is 17.1 Å². The van der Waals surface area contributed by atoms with Gasteiger partial charge in [0, 0.05) is 50.2 Å². The lowest BCUT2D eigenvalue weighted by molar-refractivity contribution is 0.668. The molecule has 4 atom stereocenters. The van der Waals surface area contributed by atoms with E-state index in [1.807, 2.05) is 0 Å². The van der Waals surface area contributed by atoms with Crippen molar-refractivity contribution in [3.05, 3.63) is 178 Å². The molecule has 0 saturated carbocycles. The quantitative estimate of drug-likeness (QED) is 0.183. The van der Waals surface area contributed by atoms with Crippen LogP contribution in [0.25, 0.3) is 39.8 Å². The highest BCUT2D eigenvalue weighted by Gasteiger charge is 2.37. The Balaban J connectivity index is 1.05. The van der Waals surface area contributed by atoms with Gasteiger partial charge in [0.25, 0.3) is 0 Å². The Morgan fingerprint density at radius 3 is 2.56 bits per heavy atom. The van der Waals surface area contributed by atoms with Gasteiger partial charge in [0.15, 0.2) is 0 Å². The normalized spacial score (nSPS) is 24.2. The minimum Gasteiger partial charge on any atom is -0.456 e. The molecule has 6 aliphatic rings. The van der Waals surface area contributed by atoms with Crippen LogP contribution in [-0.4, -0.2) is 15.9 Å². The first-order chi connectivity index (χ1) is 25.8. The molecule has 0 fully saturated rings. The number of benzene rings is 3. The van der Waals surface area contributed by atoms with Crippen LogP contribution in [0.4, 0.5) is 5.69 Å². The average Bonchev–Trinajstić information content (AvgIpc) is 3.88. The number of aromatic nitrogens is 1. The summed E-state index contributed by atoms with van der Waals surface area (Å²) < 4.78 is 9.06. The van der Waals surface area contributed by atoms with Crippen LogP contribution < -0.4 is 4.90 Å². The van der Waals surface area contributed by atoms with Crippen LogP contribution in [0, 0.1) is 5.92 Å². The van der Waals surface area contributed by atoms with Crippen LogP contribution in [0.3, 0.4) is 0 Å². The van der Waals surface area contributed by atoms with Gasteiger partial charge in [-0.15, -0.1) is 11.8 Å². The molecule has 0 saturated heterocycles. The second kappa shape index (κ2) is 12.2. The zero-order valence-corrected chi connectivity index (χ0v) is 29.9. The monoisotopic (exact) mass is 692 g/mol. The molecule has 52 heavy (non-hydrogen) atoms. The van der Waals surface area contributed by atoms with E-state index in [-0.39, 0.29) is 6.04 Å². The van der Waals surface area contributed by atoms with Crippen molar-refractivity contribution in [1.29, 1.82) is 0 Å². The molecule has 0 amide bonds. The molecule has 4 heteroatoms. The van der Waals surface area contributed by atoms with Crippen LogP contribution in [-0.2, 0) is 12.8 Å². The van der Waals surface area contributed by atoms with Gasteiger partial charge in [-0.3, -0.25) is 0 Å². The molecule has 3 heterocycles. The Morgan fingerprint density at radius 1 is 0.750 bits per heavy atom. The lowest BCUT2D eigenvalue weighted by atomic mass is 9.85. The highest BCUT2D eigenvalue weighted by atomic mass is 32.2. The molecule has 1 aliphatic heterocycles. The maximum atomic E-state index is 6.47. The molecule has 254 valence electrons. The lowest BCUT2D eigenvalue weighted by Crippen LogP contribution is -2.37. The SMILES string of the molecule is C1=CC(n2c3c(c4c2C[C@H](c2ccccc2)C=C4)CC(N(C2=CC4SC5=C(CCC=C5)C4C=C2)c2cccc4oc5ccccc5c24)C=C3)=CCC1. The number of anilines is 1. The fourth-order valence-corrected chi connectivity index (χ4v) is 11.0. The molecule has 5 aromatic rings. The van der Waals surface area contributed by atoms with Crippen molar-refractivity contribution < 1.29 is 4.42 Å². The van der Waals surface area contributed by atoms with Crippen molar-refractivity contribution in [3.8, 4) is 0 Å². The highest BCUT2D eigenvalue weighted by Crippen LogP contribution is 2.51. The maximum absolute atomic E-state index is 6.47. The summed E-state index contributed by atoms with van der Waals surface area (Å²) >= 11 is 2.05. The molecule has 3 nitrogen and oxygen atoms in total. The van der Waals surface area contributed by atoms with Crippen molar-refractivity contribution in [2.45, 2.75) is 55.7 Å². The smallest absolute Gasteiger partial charge is 0.137 e. The van der Waals surface area contributed by atoms with Crippen LogP contribution in [0.5, 0.6) is 0 Å². The number of hydrogen-bond acceptors (Lipinski definition) is 3. The number of para-hydroxylation sites is 1. The first-order valence-corrected chi connectivity index (χ1v) is 19.9. The zero-order valence-electron chi connectivity index (χ0n) is 29.1. The molecule has 11 rings (SSSR count). The van der Waals surface area contributed by atoms with Gasteiger partial charge in [-0.1, -0.05) is 103 Å². The minimum atomic E-state index is 0.129. The summed E-state index contributed by atoms with van der Waals surface area (Å²) in [7, 11) is 0. The number of hydrogen-bond donors (Lipinski definition) is 0. The van der Waals surface area contributed by atoms with E-state index in [9.17, 15) is 0 Å². The zero-order chi connectivity index (χ0) is 34.2. The van der Waals surface area contributed by atoms with Crippen molar-refractivity contribution in [2.24, 2.45) is 5.92 Å². The number of nitrogens with zero attached hydrogens (tertiary/aromatic N) is 2. The molecular weight excluding hydrogens is 653 g/mol. The molecule has 0 bridgehead atoms. The number of allylic oxidation sites excluding steroid dienone is 10. The Hall–Kier alpha value is -5.19.